The summed E-state index contributed by atoms with van der Waals surface area (Å²) in [5.74, 6) is 0.387. The number of carbonyl (C=O) groups is 1. The number of rotatable bonds is 5. The van der Waals surface area contributed by atoms with Crippen LogP contribution in [-0.4, -0.2) is 29.5 Å². The van der Waals surface area contributed by atoms with Crippen molar-refractivity contribution in [2.75, 3.05) is 13.7 Å². The highest BCUT2D eigenvalue weighted by Crippen LogP contribution is 2.12. The van der Waals surface area contributed by atoms with Crippen LogP contribution in [0.2, 0.25) is 0 Å². The van der Waals surface area contributed by atoms with E-state index in [0.717, 1.165) is 5.56 Å². The predicted molar refractivity (Wildman–Crippen MR) is 70.2 cm³/mol. The number of methoxy groups -OCH3 is 1. The second-order valence-corrected chi connectivity index (χ2v) is 4.14. The minimum atomic E-state index is -0.327. The molecule has 0 amide bonds. The van der Waals surface area contributed by atoms with Crippen molar-refractivity contribution in [2.24, 2.45) is 7.05 Å². The SMILES string of the molecule is COc1ccc(C(=O)OCCc2cnn(C)c2)cc1. The van der Waals surface area contributed by atoms with E-state index in [1.165, 1.54) is 0 Å². The molecule has 2 aromatic rings. The van der Waals surface area contributed by atoms with E-state index in [4.69, 9.17) is 9.47 Å². The molecule has 0 fully saturated rings. The molecule has 0 bridgehead atoms. The van der Waals surface area contributed by atoms with E-state index in [1.807, 2.05) is 13.2 Å². The van der Waals surface area contributed by atoms with Crippen LogP contribution < -0.4 is 4.74 Å². The molecule has 0 aliphatic rings. The third-order valence-electron chi connectivity index (χ3n) is 2.71. The van der Waals surface area contributed by atoms with E-state index in [-0.39, 0.29) is 5.97 Å². The minimum Gasteiger partial charge on any atom is -0.497 e. The zero-order valence-electron chi connectivity index (χ0n) is 11.0. The van der Waals surface area contributed by atoms with Gasteiger partial charge in [-0.1, -0.05) is 0 Å². The molecular formula is C14H16N2O3. The van der Waals surface area contributed by atoms with Gasteiger partial charge in [-0.05, 0) is 29.8 Å². The number of ether oxygens (including phenoxy) is 2. The molecule has 100 valence electrons. The van der Waals surface area contributed by atoms with E-state index >= 15 is 0 Å². The van der Waals surface area contributed by atoms with E-state index in [2.05, 4.69) is 5.10 Å². The van der Waals surface area contributed by atoms with Gasteiger partial charge in [0.2, 0.25) is 0 Å². The van der Waals surface area contributed by atoms with E-state index < -0.39 is 0 Å². The van der Waals surface area contributed by atoms with Crippen LogP contribution in [0.4, 0.5) is 0 Å². The van der Waals surface area contributed by atoms with Gasteiger partial charge in [-0.15, -0.1) is 0 Å². The molecule has 0 spiro atoms. The quantitative estimate of drug-likeness (QED) is 0.770. The number of benzene rings is 1. The summed E-state index contributed by atoms with van der Waals surface area (Å²) in [5, 5.41) is 4.05. The van der Waals surface area contributed by atoms with Crippen LogP contribution in [0.5, 0.6) is 5.75 Å². The Morgan fingerprint density at radius 2 is 2.05 bits per heavy atom. The number of carbonyl (C=O) groups excluding carboxylic acids is 1. The summed E-state index contributed by atoms with van der Waals surface area (Å²) in [6.07, 6.45) is 4.33. The lowest BCUT2D eigenvalue weighted by Gasteiger charge is -2.04. The molecule has 0 aliphatic carbocycles. The molecule has 1 heterocycles. The summed E-state index contributed by atoms with van der Waals surface area (Å²) in [6.45, 7) is 0.344. The number of hydrogen-bond donors (Lipinski definition) is 0. The van der Waals surface area contributed by atoms with Crippen molar-refractivity contribution < 1.29 is 14.3 Å². The van der Waals surface area contributed by atoms with Crippen LogP contribution in [-0.2, 0) is 18.2 Å². The molecule has 0 N–H and O–H groups in total. The first-order chi connectivity index (χ1) is 9.19. The largest absolute Gasteiger partial charge is 0.497 e. The molecule has 2 rings (SSSR count). The van der Waals surface area contributed by atoms with Gasteiger partial charge in [0.1, 0.15) is 5.75 Å². The van der Waals surface area contributed by atoms with Crippen molar-refractivity contribution in [3.8, 4) is 5.75 Å². The Balaban J connectivity index is 1.83. The Morgan fingerprint density at radius 3 is 2.63 bits per heavy atom. The van der Waals surface area contributed by atoms with Crippen molar-refractivity contribution >= 4 is 5.97 Å². The van der Waals surface area contributed by atoms with Crippen molar-refractivity contribution in [1.29, 1.82) is 0 Å². The normalized spacial score (nSPS) is 10.2. The molecular weight excluding hydrogens is 244 g/mol. The summed E-state index contributed by atoms with van der Waals surface area (Å²) in [4.78, 5) is 11.8. The van der Waals surface area contributed by atoms with Gasteiger partial charge in [0.05, 0.1) is 25.5 Å². The smallest absolute Gasteiger partial charge is 0.338 e. The van der Waals surface area contributed by atoms with Gasteiger partial charge in [-0.3, -0.25) is 4.68 Å². The summed E-state index contributed by atoms with van der Waals surface area (Å²) in [6, 6.07) is 6.84. The fraction of sp³-hybridized carbons (Fsp3) is 0.286. The maximum atomic E-state index is 11.8. The van der Waals surface area contributed by atoms with Crippen molar-refractivity contribution in [3.05, 3.63) is 47.8 Å². The number of esters is 1. The summed E-state index contributed by atoms with van der Waals surface area (Å²) in [5.41, 5.74) is 1.57. The van der Waals surface area contributed by atoms with Crippen molar-refractivity contribution in [2.45, 2.75) is 6.42 Å². The fourth-order valence-electron chi connectivity index (χ4n) is 1.67. The lowest BCUT2D eigenvalue weighted by atomic mass is 10.2. The summed E-state index contributed by atoms with van der Waals surface area (Å²) < 4.78 is 11.9. The van der Waals surface area contributed by atoms with E-state index in [0.29, 0.717) is 24.3 Å². The van der Waals surface area contributed by atoms with Gasteiger partial charge in [-0.2, -0.15) is 5.10 Å². The topological polar surface area (TPSA) is 53.4 Å². The summed E-state index contributed by atoms with van der Waals surface area (Å²) >= 11 is 0. The molecule has 0 saturated carbocycles. The third-order valence-corrected chi connectivity index (χ3v) is 2.71. The maximum Gasteiger partial charge on any atom is 0.338 e. The number of hydrogen-bond acceptors (Lipinski definition) is 4. The average molecular weight is 260 g/mol. The molecule has 0 atom stereocenters. The van der Waals surface area contributed by atoms with Crippen molar-refractivity contribution in [1.82, 2.24) is 9.78 Å². The number of aryl methyl sites for hydroxylation is 1. The van der Waals surface area contributed by atoms with Crippen LogP contribution in [0.15, 0.2) is 36.7 Å². The van der Waals surface area contributed by atoms with E-state index in [9.17, 15) is 4.79 Å². The molecule has 1 aromatic carbocycles. The van der Waals surface area contributed by atoms with Gasteiger partial charge in [-0.25, -0.2) is 4.79 Å². The van der Waals surface area contributed by atoms with Crippen molar-refractivity contribution in [3.63, 3.8) is 0 Å². The van der Waals surface area contributed by atoms with Crippen LogP contribution >= 0.6 is 0 Å². The Kier molecular flexibility index (Phi) is 4.18. The van der Waals surface area contributed by atoms with Crippen LogP contribution in [0, 0.1) is 0 Å². The molecule has 0 aliphatic heterocycles. The first-order valence-corrected chi connectivity index (χ1v) is 5.98. The second-order valence-electron chi connectivity index (χ2n) is 4.14. The molecule has 5 nitrogen and oxygen atoms in total. The lowest BCUT2D eigenvalue weighted by molar-refractivity contribution is 0.0509. The van der Waals surface area contributed by atoms with Gasteiger partial charge >= 0.3 is 5.97 Å². The first kappa shape index (κ1) is 13.1. The van der Waals surface area contributed by atoms with Crippen LogP contribution in [0.3, 0.4) is 0 Å². The predicted octanol–water partition coefficient (Wildman–Crippen LogP) is 1.83. The van der Waals surface area contributed by atoms with Crippen LogP contribution in [0.1, 0.15) is 15.9 Å². The zero-order valence-corrected chi connectivity index (χ0v) is 11.0. The highest BCUT2D eigenvalue weighted by atomic mass is 16.5. The Bertz CT molecular complexity index is 546. The molecule has 19 heavy (non-hydrogen) atoms. The Labute approximate surface area is 111 Å². The molecule has 5 heteroatoms. The molecule has 1 aromatic heterocycles. The molecule has 0 radical (unpaired) electrons. The monoisotopic (exact) mass is 260 g/mol. The summed E-state index contributed by atoms with van der Waals surface area (Å²) in [7, 11) is 3.44. The molecule has 0 saturated heterocycles. The van der Waals surface area contributed by atoms with Gasteiger partial charge < -0.3 is 9.47 Å². The Hall–Kier alpha value is -2.30. The highest BCUT2D eigenvalue weighted by Gasteiger charge is 2.07. The standard InChI is InChI=1S/C14H16N2O3/c1-16-10-11(9-15-16)7-8-19-14(17)12-3-5-13(18-2)6-4-12/h3-6,9-10H,7-8H2,1-2H3. The average Bonchev–Trinajstić information content (AvgIpc) is 2.84. The third kappa shape index (κ3) is 3.58. The maximum absolute atomic E-state index is 11.8. The lowest BCUT2D eigenvalue weighted by Crippen LogP contribution is -2.07. The first-order valence-electron chi connectivity index (χ1n) is 5.98. The van der Waals surface area contributed by atoms with Gasteiger partial charge in [0.15, 0.2) is 0 Å². The van der Waals surface area contributed by atoms with Gasteiger partial charge in [0, 0.05) is 19.7 Å². The van der Waals surface area contributed by atoms with Crippen LogP contribution in [0.25, 0.3) is 0 Å². The fourth-order valence-corrected chi connectivity index (χ4v) is 1.67. The Morgan fingerprint density at radius 1 is 1.32 bits per heavy atom. The van der Waals surface area contributed by atoms with Gasteiger partial charge in [0.25, 0.3) is 0 Å². The number of aromatic nitrogens is 2. The minimum absolute atomic E-state index is 0.327. The highest BCUT2D eigenvalue weighted by molar-refractivity contribution is 5.89. The number of nitrogens with zero attached hydrogens (tertiary/aromatic N) is 2. The molecule has 0 unspecified atom stereocenters. The second kappa shape index (κ2) is 6.04. The van der Waals surface area contributed by atoms with E-state index in [1.54, 1.807) is 42.3 Å². The zero-order chi connectivity index (χ0) is 13.7.